The molecule has 1 aliphatic heterocycles. The number of anilines is 1. The molecule has 1 aliphatic rings. The average Bonchev–Trinajstić information content (AvgIpc) is 3.52. The number of carbonyl (C=O) groups is 2. The molecule has 1 amide bonds. The van der Waals surface area contributed by atoms with Crippen LogP contribution < -0.4 is 10.6 Å². The van der Waals surface area contributed by atoms with E-state index in [1.54, 1.807) is 6.07 Å². The lowest BCUT2D eigenvalue weighted by atomic mass is 9.86. The molecule has 32 heavy (non-hydrogen) atoms. The Labute approximate surface area is 198 Å². The first-order valence-corrected chi connectivity index (χ1v) is 12.5. The van der Waals surface area contributed by atoms with Crippen LogP contribution in [0.2, 0.25) is 0 Å². The zero-order valence-corrected chi connectivity index (χ0v) is 19.6. The summed E-state index contributed by atoms with van der Waals surface area (Å²) in [4.78, 5) is 27.4. The number of hydrogen-bond donors (Lipinski definition) is 2. The van der Waals surface area contributed by atoms with Gasteiger partial charge >= 0.3 is 0 Å². The second-order valence-corrected chi connectivity index (χ2v) is 9.89. The maximum absolute atomic E-state index is 13.3. The van der Waals surface area contributed by atoms with Crippen molar-refractivity contribution in [3.63, 3.8) is 0 Å². The molecule has 0 bridgehead atoms. The van der Waals surface area contributed by atoms with Gasteiger partial charge in [-0.1, -0.05) is 42.1 Å². The number of dihydropyridines is 1. The Balaban J connectivity index is 1.65. The van der Waals surface area contributed by atoms with Crippen molar-refractivity contribution in [3.05, 3.63) is 97.0 Å². The van der Waals surface area contributed by atoms with Gasteiger partial charge in [0.1, 0.15) is 0 Å². The smallest absolute Gasteiger partial charge is 0.254 e. The Morgan fingerprint density at radius 3 is 2.50 bits per heavy atom. The zero-order chi connectivity index (χ0) is 22.5. The van der Waals surface area contributed by atoms with Gasteiger partial charge in [-0.3, -0.25) is 9.59 Å². The molecular weight excluding hydrogens is 458 g/mol. The van der Waals surface area contributed by atoms with Crippen LogP contribution in [-0.2, 0) is 4.79 Å². The predicted octanol–water partition coefficient (Wildman–Crippen LogP) is 5.76. The maximum atomic E-state index is 13.3. The van der Waals surface area contributed by atoms with Gasteiger partial charge in [-0.15, -0.1) is 22.7 Å². The number of rotatable bonds is 7. The van der Waals surface area contributed by atoms with E-state index in [1.807, 2.05) is 66.2 Å². The highest BCUT2D eigenvalue weighted by Gasteiger charge is 2.35. The first-order chi connectivity index (χ1) is 15.6. The molecule has 0 radical (unpaired) electrons. The van der Waals surface area contributed by atoms with E-state index in [9.17, 15) is 14.9 Å². The lowest BCUT2D eigenvalue weighted by Crippen LogP contribution is -2.30. The summed E-state index contributed by atoms with van der Waals surface area (Å²) in [5, 5.41) is 20.6. The summed E-state index contributed by atoms with van der Waals surface area (Å²) < 4.78 is 0. The number of ketones is 1. The van der Waals surface area contributed by atoms with Gasteiger partial charge in [0.25, 0.3) is 5.91 Å². The van der Waals surface area contributed by atoms with Crippen LogP contribution >= 0.6 is 34.4 Å². The summed E-state index contributed by atoms with van der Waals surface area (Å²) in [5.74, 6) is -0.529. The molecular formula is C24H19N3O2S3. The van der Waals surface area contributed by atoms with E-state index in [4.69, 9.17) is 0 Å². The first-order valence-electron chi connectivity index (χ1n) is 9.80. The predicted molar refractivity (Wildman–Crippen MR) is 132 cm³/mol. The normalized spacial score (nSPS) is 15.8. The lowest BCUT2D eigenvalue weighted by Gasteiger charge is -2.29. The molecule has 0 aliphatic carbocycles. The summed E-state index contributed by atoms with van der Waals surface area (Å²) in [5.41, 5.74) is 2.30. The number of carbonyl (C=O) groups excluding carboxylic acids is 2. The Morgan fingerprint density at radius 1 is 1.09 bits per heavy atom. The number of allylic oxidation sites excluding steroid dienone is 2. The van der Waals surface area contributed by atoms with Crippen LogP contribution in [0.1, 0.15) is 27.4 Å². The minimum Gasteiger partial charge on any atom is -0.353 e. The highest BCUT2D eigenvalue weighted by molar-refractivity contribution is 8.03. The number of Topliss-reactive ketones (excluding diaryl/α,β-unsaturated/α-hetero) is 1. The monoisotopic (exact) mass is 477 g/mol. The summed E-state index contributed by atoms with van der Waals surface area (Å²) in [7, 11) is 0. The Hall–Kier alpha value is -3.12. The molecule has 0 fully saturated rings. The van der Waals surface area contributed by atoms with Crippen molar-refractivity contribution in [2.45, 2.75) is 12.8 Å². The minimum atomic E-state index is -0.496. The number of para-hydroxylation sites is 1. The molecule has 3 aromatic rings. The third kappa shape index (κ3) is 4.70. The standard InChI is InChI=1S/C24H19N3O2S3/c1-15-21(23(29)27-16-7-3-2-4-8-16)22(20-10-6-12-31-20)17(13-25)24(26-15)32-14-18(28)19-9-5-11-30-19/h2-12,22,26H,14H2,1H3,(H,27,29). The van der Waals surface area contributed by atoms with Crippen LogP contribution in [0.5, 0.6) is 0 Å². The van der Waals surface area contributed by atoms with E-state index in [-0.39, 0.29) is 17.4 Å². The van der Waals surface area contributed by atoms with Crippen LogP contribution in [0.4, 0.5) is 5.69 Å². The third-order valence-electron chi connectivity index (χ3n) is 4.90. The van der Waals surface area contributed by atoms with E-state index < -0.39 is 5.92 Å². The molecule has 3 heterocycles. The van der Waals surface area contributed by atoms with Crippen LogP contribution in [-0.4, -0.2) is 17.4 Å². The van der Waals surface area contributed by atoms with Crippen LogP contribution in [0.15, 0.2) is 87.2 Å². The molecule has 5 nitrogen and oxygen atoms in total. The number of benzene rings is 1. The molecule has 1 aromatic carbocycles. The number of nitriles is 1. The largest absolute Gasteiger partial charge is 0.353 e. The van der Waals surface area contributed by atoms with E-state index in [0.717, 1.165) is 4.88 Å². The molecule has 4 rings (SSSR count). The van der Waals surface area contributed by atoms with Gasteiger partial charge in [0.05, 0.1) is 33.2 Å². The first kappa shape index (κ1) is 22.1. The van der Waals surface area contributed by atoms with Crippen molar-refractivity contribution in [3.8, 4) is 6.07 Å². The zero-order valence-electron chi connectivity index (χ0n) is 17.1. The number of nitrogens with one attached hydrogen (secondary N) is 2. The van der Waals surface area contributed by atoms with Crippen molar-refractivity contribution in [2.75, 3.05) is 11.1 Å². The SMILES string of the molecule is CC1=C(C(=O)Nc2ccccc2)C(c2cccs2)C(C#N)=C(SCC(=O)c2cccs2)N1. The molecule has 1 unspecified atom stereocenters. The van der Waals surface area contributed by atoms with Gasteiger partial charge in [0.15, 0.2) is 5.78 Å². The molecule has 1 atom stereocenters. The summed E-state index contributed by atoms with van der Waals surface area (Å²) >= 11 is 4.21. The summed E-state index contributed by atoms with van der Waals surface area (Å²) in [6.45, 7) is 1.83. The lowest BCUT2D eigenvalue weighted by molar-refractivity contribution is -0.113. The third-order valence-corrected chi connectivity index (χ3v) is 7.76. The maximum Gasteiger partial charge on any atom is 0.254 e. The van der Waals surface area contributed by atoms with Crippen LogP contribution in [0.3, 0.4) is 0 Å². The molecule has 160 valence electrons. The Bertz CT molecular complexity index is 1220. The summed E-state index contributed by atoms with van der Waals surface area (Å²) in [6.07, 6.45) is 0. The van der Waals surface area contributed by atoms with Gasteiger partial charge in [-0.2, -0.15) is 5.26 Å². The van der Waals surface area contributed by atoms with Gasteiger partial charge in [0, 0.05) is 21.8 Å². The average molecular weight is 478 g/mol. The van der Waals surface area contributed by atoms with Gasteiger partial charge in [0.2, 0.25) is 0 Å². The highest BCUT2D eigenvalue weighted by Crippen LogP contribution is 2.42. The molecule has 2 N–H and O–H groups in total. The quantitative estimate of drug-likeness (QED) is 0.423. The van der Waals surface area contributed by atoms with Gasteiger partial charge in [-0.25, -0.2) is 0 Å². The van der Waals surface area contributed by atoms with Gasteiger partial charge < -0.3 is 10.6 Å². The topological polar surface area (TPSA) is 82.0 Å². The molecule has 2 aromatic heterocycles. The molecule has 0 saturated heterocycles. The van der Waals surface area contributed by atoms with E-state index in [0.29, 0.717) is 32.4 Å². The van der Waals surface area contributed by atoms with Gasteiger partial charge in [-0.05, 0) is 41.9 Å². The van der Waals surface area contributed by atoms with E-state index in [2.05, 4.69) is 16.7 Å². The fraction of sp³-hybridized carbons (Fsp3) is 0.125. The molecule has 8 heteroatoms. The Morgan fingerprint density at radius 2 is 1.84 bits per heavy atom. The fourth-order valence-electron chi connectivity index (χ4n) is 3.43. The number of hydrogen-bond acceptors (Lipinski definition) is 7. The minimum absolute atomic E-state index is 0.0125. The van der Waals surface area contributed by atoms with Crippen molar-refractivity contribution in [2.24, 2.45) is 0 Å². The Kier molecular flexibility index (Phi) is 6.90. The van der Waals surface area contributed by atoms with Crippen molar-refractivity contribution in [1.82, 2.24) is 5.32 Å². The number of nitrogens with zero attached hydrogens (tertiary/aromatic N) is 1. The number of thiophene rings is 2. The van der Waals surface area contributed by atoms with Crippen LogP contribution in [0.25, 0.3) is 0 Å². The highest BCUT2D eigenvalue weighted by atomic mass is 32.2. The van der Waals surface area contributed by atoms with E-state index >= 15 is 0 Å². The van der Waals surface area contributed by atoms with Crippen molar-refractivity contribution < 1.29 is 9.59 Å². The van der Waals surface area contributed by atoms with Crippen molar-refractivity contribution in [1.29, 1.82) is 5.26 Å². The molecule has 0 saturated carbocycles. The number of amides is 1. The van der Waals surface area contributed by atoms with E-state index in [1.165, 1.54) is 34.4 Å². The number of thioether (sulfide) groups is 1. The second-order valence-electron chi connectivity index (χ2n) is 6.98. The second kappa shape index (κ2) is 10.0. The fourth-order valence-corrected chi connectivity index (χ4v) is 6.01. The molecule has 0 spiro atoms. The van der Waals surface area contributed by atoms with Crippen LogP contribution in [0, 0.1) is 11.3 Å². The van der Waals surface area contributed by atoms with Crippen molar-refractivity contribution >= 4 is 51.8 Å². The summed E-state index contributed by atoms with van der Waals surface area (Å²) in [6, 6.07) is 19.0.